The molecular weight excluding hydrogens is 530 g/mol. The fourth-order valence-electron chi connectivity index (χ4n) is 5.32. The highest BCUT2D eigenvalue weighted by Crippen LogP contribution is 2.24. The Hall–Kier alpha value is -3.14. The van der Waals surface area contributed by atoms with Crippen molar-refractivity contribution >= 4 is 11.4 Å². The third-order valence-electron chi connectivity index (χ3n) is 7.79. The van der Waals surface area contributed by atoms with Gasteiger partial charge >= 0.3 is 0 Å². The molecule has 0 amide bonds. The molecule has 0 aliphatic carbocycles. The van der Waals surface area contributed by atoms with Gasteiger partial charge in [-0.3, -0.25) is 4.90 Å². The molecule has 226 valence electrons. The van der Waals surface area contributed by atoms with Crippen LogP contribution < -0.4 is 14.5 Å². The predicted molar refractivity (Wildman–Crippen MR) is 167 cm³/mol. The van der Waals surface area contributed by atoms with E-state index >= 15 is 0 Å². The van der Waals surface area contributed by atoms with Crippen molar-refractivity contribution in [2.45, 2.75) is 19.7 Å². The predicted octanol–water partition coefficient (Wildman–Crippen LogP) is 4.60. The highest BCUT2D eigenvalue weighted by Gasteiger charge is 2.13. The van der Waals surface area contributed by atoms with Crippen LogP contribution in [0.15, 0.2) is 72.8 Å². The summed E-state index contributed by atoms with van der Waals surface area (Å²) in [6.45, 7) is 12.2. The zero-order chi connectivity index (χ0) is 28.8. The first-order valence-corrected chi connectivity index (χ1v) is 15.1. The molecule has 0 atom stereocenters. The number of nitrogens with zero attached hydrogens (tertiary/aromatic N) is 3. The Balaban J connectivity index is 1.14. The number of hydrogen-bond acceptors (Lipinski definition) is 8. The van der Waals surface area contributed by atoms with Crippen molar-refractivity contribution in [1.82, 2.24) is 4.90 Å². The fourth-order valence-corrected chi connectivity index (χ4v) is 5.32. The molecule has 2 aliphatic heterocycles. The molecule has 0 bridgehead atoms. The molecule has 3 aromatic rings. The summed E-state index contributed by atoms with van der Waals surface area (Å²) in [6, 6.07) is 26.0. The molecule has 2 heterocycles. The molecule has 0 aromatic heterocycles. The molecular formula is C34H45N3O5. The van der Waals surface area contributed by atoms with Gasteiger partial charge in [0.25, 0.3) is 0 Å². The molecule has 0 radical (unpaired) electrons. The highest BCUT2D eigenvalue weighted by molar-refractivity contribution is 5.51. The standard InChI is InChI=1S/C34H45N3O5/c1-38-34-4-2-3-31(25-34)27-37(26-29-5-9-32(10-6-29)36-16-21-40-22-17-36)33-11-7-30(8-12-33)28-42-24-23-41-20-15-35-13-18-39-19-14-35/h2-12,25H,13-24,26-28H2,1H3. The van der Waals surface area contributed by atoms with E-state index in [1.807, 2.05) is 6.07 Å². The molecule has 2 aliphatic rings. The Labute approximate surface area is 250 Å². The molecule has 0 unspecified atom stereocenters. The number of rotatable bonds is 15. The second-order valence-electron chi connectivity index (χ2n) is 10.8. The number of benzene rings is 3. The summed E-state index contributed by atoms with van der Waals surface area (Å²) in [7, 11) is 1.71. The van der Waals surface area contributed by atoms with Crippen LogP contribution in [0.25, 0.3) is 0 Å². The van der Waals surface area contributed by atoms with Crippen LogP contribution in [0.1, 0.15) is 16.7 Å². The van der Waals surface area contributed by atoms with Crippen LogP contribution in [-0.2, 0) is 38.6 Å². The van der Waals surface area contributed by atoms with Gasteiger partial charge in [0.05, 0.1) is 60.0 Å². The summed E-state index contributed by atoms with van der Waals surface area (Å²) >= 11 is 0. The minimum atomic E-state index is 0.575. The smallest absolute Gasteiger partial charge is 0.119 e. The Morgan fingerprint density at radius 2 is 1.36 bits per heavy atom. The molecule has 8 heteroatoms. The molecule has 0 saturated carbocycles. The monoisotopic (exact) mass is 575 g/mol. The van der Waals surface area contributed by atoms with Crippen molar-refractivity contribution in [3.05, 3.63) is 89.5 Å². The van der Waals surface area contributed by atoms with Crippen LogP contribution in [0, 0.1) is 0 Å². The van der Waals surface area contributed by atoms with Gasteiger partial charge in [-0.1, -0.05) is 36.4 Å². The van der Waals surface area contributed by atoms with E-state index in [1.54, 1.807) is 7.11 Å². The third kappa shape index (κ3) is 9.44. The Bertz CT molecular complexity index is 1180. The van der Waals surface area contributed by atoms with Gasteiger partial charge in [-0.25, -0.2) is 0 Å². The van der Waals surface area contributed by atoms with E-state index in [-0.39, 0.29) is 0 Å². The van der Waals surface area contributed by atoms with Crippen molar-refractivity contribution in [3.63, 3.8) is 0 Å². The first-order chi connectivity index (χ1) is 20.8. The van der Waals surface area contributed by atoms with Crippen molar-refractivity contribution in [2.24, 2.45) is 0 Å². The third-order valence-corrected chi connectivity index (χ3v) is 7.79. The average Bonchev–Trinajstić information content (AvgIpc) is 3.05. The number of morpholine rings is 2. The van der Waals surface area contributed by atoms with Crippen molar-refractivity contribution < 1.29 is 23.7 Å². The van der Waals surface area contributed by atoms with E-state index in [0.29, 0.717) is 19.8 Å². The van der Waals surface area contributed by atoms with Gasteiger partial charge in [-0.15, -0.1) is 0 Å². The van der Waals surface area contributed by atoms with E-state index in [9.17, 15) is 0 Å². The maximum atomic E-state index is 5.89. The van der Waals surface area contributed by atoms with Crippen LogP contribution >= 0.6 is 0 Å². The van der Waals surface area contributed by atoms with Gasteiger partial charge in [0.1, 0.15) is 5.75 Å². The number of hydrogen-bond donors (Lipinski definition) is 0. The van der Waals surface area contributed by atoms with Crippen LogP contribution in [0.2, 0.25) is 0 Å². The summed E-state index contributed by atoms with van der Waals surface area (Å²) in [4.78, 5) is 7.18. The lowest BCUT2D eigenvalue weighted by Gasteiger charge is -2.29. The van der Waals surface area contributed by atoms with E-state index in [0.717, 1.165) is 90.2 Å². The lowest BCUT2D eigenvalue weighted by Crippen LogP contribution is -2.38. The van der Waals surface area contributed by atoms with Crippen molar-refractivity contribution in [1.29, 1.82) is 0 Å². The SMILES string of the molecule is COc1cccc(CN(Cc2ccc(N3CCOCC3)cc2)c2ccc(COCCOCCN3CCOCC3)cc2)c1. The van der Waals surface area contributed by atoms with E-state index in [1.165, 1.54) is 22.5 Å². The molecule has 0 spiro atoms. The van der Waals surface area contributed by atoms with Gasteiger partial charge in [0, 0.05) is 57.2 Å². The summed E-state index contributed by atoms with van der Waals surface area (Å²) in [5, 5.41) is 0. The van der Waals surface area contributed by atoms with Crippen LogP contribution in [0.5, 0.6) is 5.75 Å². The van der Waals surface area contributed by atoms with Gasteiger partial charge < -0.3 is 33.5 Å². The summed E-state index contributed by atoms with van der Waals surface area (Å²) in [5.41, 5.74) is 6.07. The lowest BCUT2D eigenvalue weighted by atomic mass is 10.1. The van der Waals surface area contributed by atoms with E-state index in [2.05, 4.69) is 81.4 Å². The van der Waals surface area contributed by atoms with Gasteiger partial charge in [-0.2, -0.15) is 0 Å². The number of methoxy groups -OCH3 is 1. The first kappa shape index (κ1) is 30.3. The average molecular weight is 576 g/mol. The van der Waals surface area contributed by atoms with E-state index in [4.69, 9.17) is 23.7 Å². The zero-order valence-corrected chi connectivity index (χ0v) is 24.9. The van der Waals surface area contributed by atoms with Gasteiger partial charge in [-0.05, 0) is 53.1 Å². The maximum Gasteiger partial charge on any atom is 0.119 e. The van der Waals surface area contributed by atoms with Crippen molar-refractivity contribution in [2.75, 3.05) is 95.9 Å². The number of ether oxygens (including phenoxy) is 5. The van der Waals surface area contributed by atoms with Gasteiger partial charge in [0.2, 0.25) is 0 Å². The maximum absolute atomic E-state index is 5.89. The molecule has 2 saturated heterocycles. The minimum absolute atomic E-state index is 0.575. The zero-order valence-electron chi connectivity index (χ0n) is 24.9. The molecule has 8 nitrogen and oxygen atoms in total. The Morgan fingerprint density at radius 3 is 2.10 bits per heavy atom. The fraction of sp³-hybridized carbons (Fsp3) is 0.471. The van der Waals surface area contributed by atoms with E-state index < -0.39 is 0 Å². The van der Waals surface area contributed by atoms with Crippen molar-refractivity contribution in [3.8, 4) is 5.75 Å². The molecule has 2 fully saturated rings. The summed E-state index contributed by atoms with van der Waals surface area (Å²) in [6.07, 6.45) is 0. The van der Waals surface area contributed by atoms with Crippen LogP contribution in [0.4, 0.5) is 11.4 Å². The lowest BCUT2D eigenvalue weighted by molar-refractivity contribution is 0.00585. The quantitative estimate of drug-likeness (QED) is 0.244. The Morgan fingerprint density at radius 1 is 0.690 bits per heavy atom. The molecule has 42 heavy (non-hydrogen) atoms. The molecule has 0 N–H and O–H groups in total. The largest absolute Gasteiger partial charge is 0.497 e. The second-order valence-corrected chi connectivity index (χ2v) is 10.8. The van der Waals surface area contributed by atoms with Gasteiger partial charge in [0.15, 0.2) is 0 Å². The highest BCUT2D eigenvalue weighted by atomic mass is 16.5. The number of anilines is 2. The summed E-state index contributed by atoms with van der Waals surface area (Å²) < 4.78 is 28.0. The first-order valence-electron chi connectivity index (χ1n) is 15.1. The minimum Gasteiger partial charge on any atom is -0.497 e. The van der Waals surface area contributed by atoms with Crippen LogP contribution in [-0.4, -0.2) is 91.0 Å². The molecule has 5 rings (SSSR count). The topological polar surface area (TPSA) is 55.9 Å². The van der Waals surface area contributed by atoms with Crippen LogP contribution in [0.3, 0.4) is 0 Å². The second kappa shape index (κ2) is 16.5. The molecule has 3 aromatic carbocycles. The Kier molecular flexibility index (Phi) is 11.9. The summed E-state index contributed by atoms with van der Waals surface area (Å²) in [5.74, 6) is 0.875. The normalized spacial score (nSPS) is 16.0.